The van der Waals surface area contributed by atoms with E-state index in [-0.39, 0.29) is 11.7 Å². The Kier molecular flexibility index (Phi) is 7.02. The Balaban J connectivity index is 1.42. The zero-order chi connectivity index (χ0) is 19.2. The van der Waals surface area contributed by atoms with Crippen molar-refractivity contribution in [1.82, 2.24) is 4.90 Å². The molecular weight excluding hydrogens is 383 g/mol. The summed E-state index contributed by atoms with van der Waals surface area (Å²) in [6, 6.07) is 12.7. The Morgan fingerprint density at radius 3 is 2.63 bits per heavy atom. The summed E-state index contributed by atoms with van der Waals surface area (Å²) < 4.78 is 13.6. The van der Waals surface area contributed by atoms with Gasteiger partial charge in [0.25, 0.3) is 0 Å². The molecular formula is C21H24ClFN2OS. The Morgan fingerprint density at radius 1 is 1.15 bits per heavy atom. The molecule has 6 heteroatoms. The highest BCUT2D eigenvalue weighted by atomic mass is 35.5. The molecule has 144 valence electrons. The largest absolute Gasteiger partial charge is 0.368 e. The van der Waals surface area contributed by atoms with E-state index in [9.17, 15) is 9.18 Å². The SMILES string of the molecule is Cc1ccc(Cl)cc1N1CCN(C(=O)CCSCc2ccccc2F)CC1. The number of thioether (sulfide) groups is 1. The van der Waals surface area contributed by atoms with Gasteiger partial charge in [0, 0.05) is 54.8 Å². The Bertz CT molecular complexity index is 794. The molecule has 1 aliphatic heterocycles. The highest BCUT2D eigenvalue weighted by Crippen LogP contribution is 2.25. The smallest absolute Gasteiger partial charge is 0.223 e. The van der Waals surface area contributed by atoms with Gasteiger partial charge in [-0.3, -0.25) is 4.79 Å². The number of hydrogen-bond donors (Lipinski definition) is 0. The molecule has 1 aliphatic rings. The van der Waals surface area contributed by atoms with Crippen LogP contribution in [0, 0.1) is 12.7 Å². The number of carbonyl (C=O) groups is 1. The molecule has 1 amide bonds. The number of hydrogen-bond acceptors (Lipinski definition) is 3. The lowest BCUT2D eigenvalue weighted by Gasteiger charge is -2.37. The fourth-order valence-corrected chi connectivity index (χ4v) is 4.32. The van der Waals surface area contributed by atoms with Gasteiger partial charge in [0.05, 0.1) is 0 Å². The normalized spacial score (nSPS) is 14.5. The minimum Gasteiger partial charge on any atom is -0.368 e. The summed E-state index contributed by atoms with van der Waals surface area (Å²) in [5, 5.41) is 0.737. The molecule has 0 atom stereocenters. The van der Waals surface area contributed by atoms with Gasteiger partial charge in [0.1, 0.15) is 5.82 Å². The van der Waals surface area contributed by atoms with Crippen LogP contribution in [0.1, 0.15) is 17.5 Å². The van der Waals surface area contributed by atoms with Crippen molar-refractivity contribution in [1.29, 1.82) is 0 Å². The van der Waals surface area contributed by atoms with Crippen LogP contribution in [-0.2, 0) is 10.5 Å². The first-order chi connectivity index (χ1) is 13.0. The van der Waals surface area contributed by atoms with E-state index in [1.54, 1.807) is 23.9 Å². The summed E-state index contributed by atoms with van der Waals surface area (Å²) >= 11 is 7.72. The highest BCUT2D eigenvalue weighted by molar-refractivity contribution is 7.98. The minimum absolute atomic E-state index is 0.177. The van der Waals surface area contributed by atoms with Crippen LogP contribution in [0.4, 0.5) is 10.1 Å². The number of benzene rings is 2. The molecule has 0 bridgehead atoms. The molecule has 1 saturated heterocycles. The lowest BCUT2D eigenvalue weighted by Crippen LogP contribution is -2.49. The van der Waals surface area contributed by atoms with Crippen LogP contribution >= 0.6 is 23.4 Å². The topological polar surface area (TPSA) is 23.6 Å². The maximum absolute atomic E-state index is 13.6. The summed E-state index contributed by atoms with van der Waals surface area (Å²) in [6.07, 6.45) is 0.495. The van der Waals surface area contributed by atoms with Crippen molar-refractivity contribution < 1.29 is 9.18 Å². The summed E-state index contributed by atoms with van der Waals surface area (Å²) in [4.78, 5) is 16.7. The van der Waals surface area contributed by atoms with Crippen LogP contribution in [0.25, 0.3) is 0 Å². The number of anilines is 1. The molecule has 3 rings (SSSR count). The molecule has 0 saturated carbocycles. The zero-order valence-corrected chi connectivity index (χ0v) is 17.0. The van der Waals surface area contributed by atoms with Crippen LogP contribution in [0.15, 0.2) is 42.5 Å². The molecule has 27 heavy (non-hydrogen) atoms. The van der Waals surface area contributed by atoms with Crippen molar-refractivity contribution in [2.45, 2.75) is 19.1 Å². The predicted molar refractivity (Wildman–Crippen MR) is 112 cm³/mol. The second-order valence-electron chi connectivity index (χ2n) is 6.69. The van der Waals surface area contributed by atoms with Gasteiger partial charge in [-0.05, 0) is 36.2 Å². The van der Waals surface area contributed by atoms with E-state index >= 15 is 0 Å². The molecule has 0 radical (unpaired) electrons. The number of carbonyl (C=O) groups excluding carboxylic acids is 1. The van der Waals surface area contributed by atoms with E-state index in [2.05, 4.69) is 11.8 Å². The van der Waals surface area contributed by atoms with Crippen molar-refractivity contribution in [3.8, 4) is 0 Å². The number of piperazine rings is 1. The first-order valence-electron chi connectivity index (χ1n) is 9.14. The molecule has 0 aliphatic carbocycles. The maximum Gasteiger partial charge on any atom is 0.223 e. The number of halogens is 2. The lowest BCUT2D eigenvalue weighted by atomic mass is 10.1. The van der Waals surface area contributed by atoms with Crippen LogP contribution < -0.4 is 4.90 Å². The zero-order valence-electron chi connectivity index (χ0n) is 15.5. The second kappa shape index (κ2) is 9.47. The standard InChI is InChI=1S/C21H24ClFN2OS/c1-16-6-7-18(22)14-20(16)24-9-11-25(12-10-24)21(26)8-13-27-15-17-4-2-3-5-19(17)23/h2-7,14H,8-13,15H2,1H3. The maximum atomic E-state index is 13.6. The van der Waals surface area contributed by atoms with Gasteiger partial charge in [0.2, 0.25) is 5.91 Å². The Hall–Kier alpha value is -1.72. The fourth-order valence-electron chi connectivity index (χ4n) is 3.24. The van der Waals surface area contributed by atoms with E-state index in [4.69, 9.17) is 11.6 Å². The van der Waals surface area contributed by atoms with E-state index < -0.39 is 0 Å². The third kappa shape index (κ3) is 5.39. The van der Waals surface area contributed by atoms with Crippen LogP contribution in [0.5, 0.6) is 0 Å². The minimum atomic E-state index is -0.177. The molecule has 2 aromatic rings. The fraction of sp³-hybridized carbons (Fsp3) is 0.381. The molecule has 1 fully saturated rings. The monoisotopic (exact) mass is 406 g/mol. The molecule has 3 nitrogen and oxygen atoms in total. The number of amides is 1. The molecule has 1 heterocycles. The molecule has 0 N–H and O–H groups in total. The van der Waals surface area contributed by atoms with E-state index in [1.165, 1.54) is 11.6 Å². The number of nitrogens with zero attached hydrogens (tertiary/aromatic N) is 2. The third-order valence-corrected chi connectivity index (χ3v) is 6.06. The van der Waals surface area contributed by atoms with Crippen molar-refractivity contribution in [3.05, 3.63) is 64.4 Å². The van der Waals surface area contributed by atoms with E-state index in [0.717, 1.165) is 36.9 Å². The molecule has 0 aromatic heterocycles. The quantitative estimate of drug-likeness (QED) is 0.646. The van der Waals surface area contributed by atoms with Gasteiger partial charge in [-0.2, -0.15) is 11.8 Å². The molecule has 0 spiro atoms. The van der Waals surface area contributed by atoms with Crippen LogP contribution in [0.2, 0.25) is 5.02 Å². The van der Waals surface area contributed by atoms with Gasteiger partial charge >= 0.3 is 0 Å². The average Bonchev–Trinajstić information content (AvgIpc) is 2.68. The average molecular weight is 407 g/mol. The van der Waals surface area contributed by atoms with Crippen molar-refractivity contribution in [2.75, 3.05) is 36.8 Å². The summed E-state index contributed by atoms with van der Waals surface area (Å²) in [6.45, 7) is 5.16. The highest BCUT2D eigenvalue weighted by Gasteiger charge is 2.22. The van der Waals surface area contributed by atoms with Crippen molar-refractivity contribution in [2.24, 2.45) is 0 Å². The van der Waals surface area contributed by atoms with Gasteiger partial charge < -0.3 is 9.80 Å². The third-order valence-electron chi connectivity index (χ3n) is 4.82. The lowest BCUT2D eigenvalue weighted by molar-refractivity contribution is -0.131. The van der Waals surface area contributed by atoms with Crippen LogP contribution in [0.3, 0.4) is 0 Å². The van der Waals surface area contributed by atoms with Gasteiger partial charge in [0.15, 0.2) is 0 Å². The first-order valence-corrected chi connectivity index (χ1v) is 10.7. The second-order valence-corrected chi connectivity index (χ2v) is 8.23. The molecule has 2 aromatic carbocycles. The van der Waals surface area contributed by atoms with Gasteiger partial charge in [-0.15, -0.1) is 0 Å². The Morgan fingerprint density at radius 2 is 1.89 bits per heavy atom. The summed E-state index contributed by atoms with van der Waals surface area (Å²) in [5.41, 5.74) is 3.04. The summed E-state index contributed by atoms with van der Waals surface area (Å²) in [7, 11) is 0. The first kappa shape index (κ1) is 20.0. The number of aryl methyl sites for hydroxylation is 1. The Labute approximate surface area is 169 Å². The predicted octanol–water partition coefficient (Wildman–Crippen LogP) is 4.76. The van der Waals surface area contributed by atoms with E-state index in [1.807, 2.05) is 29.2 Å². The number of rotatable bonds is 6. The van der Waals surface area contributed by atoms with E-state index in [0.29, 0.717) is 23.5 Å². The van der Waals surface area contributed by atoms with Crippen molar-refractivity contribution in [3.63, 3.8) is 0 Å². The molecule has 0 unspecified atom stereocenters. The van der Waals surface area contributed by atoms with Crippen LogP contribution in [-0.4, -0.2) is 42.7 Å². The van der Waals surface area contributed by atoms with Crippen molar-refractivity contribution >= 4 is 35.0 Å². The van der Waals surface area contributed by atoms with Gasteiger partial charge in [-0.25, -0.2) is 4.39 Å². The summed E-state index contributed by atoms with van der Waals surface area (Å²) in [5.74, 6) is 1.31. The van der Waals surface area contributed by atoms with Gasteiger partial charge in [-0.1, -0.05) is 35.9 Å².